The van der Waals surface area contributed by atoms with E-state index in [2.05, 4.69) is 5.32 Å². The average molecular weight is 528 g/mol. The molecule has 0 saturated heterocycles. The quantitative estimate of drug-likeness (QED) is 0.228. The number of anilines is 1. The Morgan fingerprint density at radius 2 is 1.91 bits per heavy atom. The molecule has 9 heteroatoms. The molecule has 0 spiro atoms. The van der Waals surface area contributed by atoms with Gasteiger partial charge in [0.05, 0.1) is 22.7 Å². The van der Waals surface area contributed by atoms with E-state index in [1.54, 1.807) is 29.5 Å². The number of halogens is 2. The first kappa shape index (κ1) is 25.1. The molecule has 1 amide bonds. The molecule has 0 radical (unpaired) electrons. The van der Waals surface area contributed by atoms with Crippen LogP contribution in [-0.4, -0.2) is 23.6 Å². The van der Waals surface area contributed by atoms with Crippen molar-refractivity contribution in [2.75, 3.05) is 12.4 Å². The first-order valence-electron chi connectivity index (χ1n) is 11.1. The maximum atomic E-state index is 12.8. The number of hydrogen-bond acceptors (Lipinski definition) is 5. The van der Waals surface area contributed by atoms with Crippen LogP contribution in [0.25, 0.3) is 11.1 Å². The van der Waals surface area contributed by atoms with E-state index in [1.165, 1.54) is 18.1 Å². The van der Waals surface area contributed by atoms with Gasteiger partial charge in [-0.05, 0) is 81.0 Å². The third kappa shape index (κ3) is 4.87. The van der Waals surface area contributed by atoms with Gasteiger partial charge in [-0.2, -0.15) is 5.26 Å². The topological polar surface area (TPSA) is 84.1 Å². The van der Waals surface area contributed by atoms with Crippen LogP contribution in [0.15, 0.2) is 29.8 Å². The molecule has 0 saturated carbocycles. The summed E-state index contributed by atoms with van der Waals surface area (Å²) in [5, 5.41) is 13.9. The van der Waals surface area contributed by atoms with Gasteiger partial charge in [-0.25, -0.2) is 4.79 Å². The van der Waals surface area contributed by atoms with Crippen molar-refractivity contribution in [3.63, 3.8) is 0 Å². The fraction of sp³-hybridized carbons (Fsp3) is 0.269. The number of fused-ring (bicyclic) bond motifs is 1. The van der Waals surface area contributed by atoms with Crippen LogP contribution < -0.4 is 5.32 Å². The van der Waals surface area contributed by atoms with Crippen LogP contribution in [-0.2, 0) is 22.4 Å². The number of amides is 1. The lowest BCUT2D eigenvalue weighted by molar-refractivity contribution is -0.112. The Balaban J connectivity index is 1.73. The first-order valence-corrected chi connectivity index (χ1v) is 12.6. The number of carbonyl (C=O) groups is 2. The number of aromatic nitrogens is 1. The summed E-state index contributed by atoms with van der Waals surface area (Å²) in [4.78, 5) is 26.8. The maximum Gasteiger partial charge on any atom is 0.341 e. The molecule has 2 heterocycles. The Labute approximate surface area is 217 Å². The molecule has 2 aromatic heterocycles. The molecular weight excluding hydrogens is 505 g/mol. The van der Waals surface area contributed by atoms with Gasteiger partial charge < -0.3 is 14.6 Å². The molecule has 1 N–H and O–H groups in total. The second-order valence-electron chi connectivity index (χ2n) is 8.30. The molecule has 6 nitrogen and oxygen atoms in total. The van der Waals surface area contributed by atoms with Crippen molar-refractivity contribution in [1.82, 2.24) is 4.57 Å². The first-order chi connectivity index (χ1) is 16.7. The number of benzene rings is 1. The molecule has 3 aromatic rings. The highest BCUT2D eigenvalue weighted by Crippen LogP contribution is 2.39. The van der Waals surface area contributed by atoms with Gasteiger partial charge in [0.25, 0.3) is 5.91 Å². The largest absolute Gasteiger partial charge is 0.465 e. The Kier molecular flexibility index (Phi) is 7.36. The van der Waals surface area contributed by atoms with Crippen molar-refractivity contribution in [3.8, 4) is 11.1 Å². The highest BCUT2D eigenvalue weighted by Gasteiger charge is 2.28. The fourth-order valence-corrected chi connectivity index (χ4v) is 6.13. The number of carbonyl (C=O) groups excluding carboxylic acids is 2. The van der Waals surface area contributed by atoms with Crippen LogP contribution in [0.1, 0.15) is 50.6 Å². The Morgan fingerprint density at radius 3 is 2.60 bits per heavy atom. The minimum atomic E-state index is -0.558. The summed E-state index contributed by atoms with van der Waals surface area (Å²) in [6.45, 7) is 3.84. The Hall–Kier alpha value is -3.05. The monoisotopic (exact) mass is 527 g/mol. The van der Waals surface area contributed by atoms with Gasteiger partial charge in [0, 0.05) is 22.0 Å². The van der Waals surface area contributed by atoms with Gasteiger partial charge in [0.1, 0.15) is 16.6 Å². The van der Waals surface area contributed by atoms with Gasteiger partial charge >= 0.3 is 5.97 Å². The van der Waals surface area contributed by atoms with E-state index in [0.29, 0.717) is 26.9 Å². The molecule has 180 valence electrons. The molecule has 0 unspecified atom stereocenters. The van der Waals surface area contributed by atoms with Crippen LogP contribution in [0.5, 0.6) is 0 Å². The molecule has 1 aliphatic rings. The van der Waals surface area contributed by atoms with Gasteiger partial charge in [-0.3, -0.25) is 4.79 Å². The van der Waals surface area contributed by atoms with E-state index in [0.717, 1.165) is 47.6 Å². The lowest BCUT2D eigenvalue weighted by Gasteiger charge is -2.12. The van der Waals surface area contributed by atoms with Crippen LogP contribution in [0.3, 0.4) is 0 Å². The second-order valence-corrected chi connectivity index (χ2v) is 10.2. The number of nitriles is 1. The van der Waals surface area contributed by atoms with E-state index in [4.69, 9.17) is 27.9 Å². The zero-order valence-electron chi connectivity index (χ0n) is 19.5. The van der Waals surface area contributed by atoms with Crippen molar-refractivity contribution in [2.24, 2.45) is 0 Å². The minimum absolute atomic E-state index is 0.0602. The Bertz CT molecular complexity index is 1410. The lowest BCUT2D eigenvalue weighted by atomic mass is 9.95. The average Bonchev–Trinajstić information content (AvgIpc) is 3.35. The third-order valence-electron chi connectivity index (χ3n) is 6.06. The summed E-state index contributed by atoms with van der Waals surface area (Å²) >= 11 is 13.6. The fourth-order valence-electron chi connectivity index (χ4n) is 4.34. The van der Waals surface area contributed by atoms with E-state index >= 15 is 0 Å². The van der Waals surface area contributed by atoms with Crippen molar-refractivity contribution in [1.29, 1.82) is 5.26 Å². The number of rotatable bonds is 5. The molecule has 0 atom stereocenters. The second kappa shape index (κ2) is 10.3. The number of thiophene rings is 1. The number of hydrogen-bond donors (Lipinski definition) is 1. The molecular formula is C26H23Cl2N3O3S. The van der Waals surface area contributed by atoms with Crippen molar-refractivity contribution < 1.29 is 14.3 Å². The number of methoxy groups -OCH3 is 1. The predicted molar refractivity (Wildman–Crippen MR) is 140 cm³/mol. The van der Waals surface area contributed by atoms with Crippen molar-refractivity contribution in [3.05, 3.63) is 72.8 Å². The van der Waals surface area contributed by atoms with Gasteiger partial charge in [0.15, 0.2) is 0 Å². The number of aryl methyl sites for hydroxylation is 2. The van der Waals surface area contributed by atoms with Crippen molar-refractivity contribution in [2.45, 2.75) is 39.5 Å². The molecule has 0 fully saturated rings. The van der Waals surface area contributed by atoms with Crippen LogP contribution in [0.4, 0.5) is 5.69 Å². The van der Waals surface area contributed by atoms with Gasteiger partial charge in [-0.15, -0.1) is 11.3 Å². The minimum Gasteiger partial charge on any atom is -0.465 e. The highest BCUT2D eigenvalue weighted by atomic mass is 35.5. The lowest BCUT2D eigenvalue weighted by Crippen LogP contribution is -2.13. The smallest absolute Gasteiger partial charge is 0.341 e. The Morgan fingerprint density at radius 1 is 1.17 bits per heavy atom. The van der Waals surface area contributed by atoms with Crippen LogP contribution in [0.2, 0.25) is 10.0 Å². The summed E-state index contributed by atoms with van der Waals surface area (Å²) in [5.74, 6) is -0.903. The number of esters is 1. The molecule has 1 aliphatic carbocycles. The predicted octanol–water partition coefficient (Wildman–Crippen LogP) is 6.67. The molecule has 0 aliphatic heterocycles. The maximum absolute atomic E-state index is 12.8. The van der Waals surface area contributed by atoms with E-state index in [1.807, 2.05) is 30.6 Å². The highest BCUT2D eigenvalue weighted by molar-refractivity contribution is 7.15. The van der Waals surface area contributed by atoms with E-state index in [9.17, 15) is 14.9 Å². The summed E-state index contributed by atoms with van der Waals surface area (Å²) < 4.78 is 7.13. The number of nitrogens with zero attached hydrogens (tertiary/aromatic N) is 2. The zero-order chi connectivity index (χ0) is 25.3. The standard InChI is InChI=1S/C26H23Cl2N3O3S/c1-14-10-16(11-17(13-29)24(32)30-18-8-9-20(27)21(28)12-18)15(2)31(14)25-23(26(33)34-3)19-6-4-5-7-22(19)35-25/h8-12H,4-7H2,1-3H3,(H,30,32)/b17-11-. The number of nitrogens with one attached hydrogen (secondary N) is 1. The zero-order valence-corrected chi connectivity index (χ0v) is 21.8. The summed E-state index contributed by atoms with van der Waals surface area (Å²) in [6.07, 6.45) is 5.51. The third-order valence-corrected chi connectivity index (χ3v) is 8.07. The molecule has 35 heavy (non-hydrogen) atoms. The van der Waals surface area contributed by atoms with Crippen molar-refractivity contribution >= 4 is 58.2 Å². The summed E-state index contributed by atoms with van der Waals surface area (Å²) in [5.41, 5.74) is 4.48. The number of ether oxygens (including phenoxy) is 1. The molecule has 4 rings (SSSR count). The summed E-state index contributed by atoms with van der Waals surface area (Å²) in [6, 6.07) is 8.59. The summed E-state index contributed by atoms with van der Waals surface area (Å²) in [7, 11) is 1.40. The van der Waals surface area contributed by atoms with E-state index < -0.39 is 5.91 Å². The normalized spacial score (nSPS) is 13.2. The van der Waals surface area contributed by atoms with Crippen LogP contribution >= 0.6 is 34.5 Å². The SMILES string of the molecule is COC(=O)c1c(-n2c(C)cc(/C=C(/C#N)C(=O)Nc3ccc(Cl)c(Cl)c3)c2C)sc2c1CCCC2. The van der Waals surface area contributed by atoms with Gasteiger partial charge in [-0.1, -0.05) is 23.2 Å². The molecule has 0 bridgehead atoms. The van der Waals surface area contributed by atoms with Crippen LogP contribution in [0, 0.1) is 25.2 Å². The molecule has 1 aromatic carbocycles. The van der Waals surface area contributed by atoms with Gasteiger partial charge in [0.2, 0.25) is 0 Å². The van der Waals surface area contributed by atoms with E-state index in [-0.39, 0.29) is 11.5 Å².